The molecule has 2 aromatic rings. The quantitative estimate of drug-likeness (QED) is 0.605. The number of ether oxygens (including phenoxy) is 2. The van der Waals surface area contributed by atoms with Crippen molar-refractivity contribution in [1.29, 1.82) is 0 Å². The van der Waals surface area contributed by atoms with Gasteiger partial charge in [-0.1, -0.05) is 18.2 Å². The molecule has 2 saturated carbocycles. The zero-order chi connectivity index (χ0) is 22.1. The first-order valence-electron chi connectivity index (χ1n) is 11.3. The van der Waals surface area contributed by atoms with Crippen molar-refractivity contribution in [3.8, 4) is 11.5 Å². The van der Waals surface area contributed by atoms with Gasteiger partial charge in [-0.2, -0.15) is 0 Å². The number of amides is 1. The highest BCUT2D eigenvalue weighted by atomic mass is 32.2. The molecule has 2 aromatic carbocycles. The molecule has 0 bridgehead atoms. The van der Waals surface area contributed by atoms with Crippen LogP contribution >= 0.6 is 0 Å². The molecule has 0 spiro atoms. The lowest BCUT2D eigenvalue weighted by atomic mass is 10.0. The van der Waals surface area contributed by atoms with Crippen LogP contribution in [0.4, 0.5) is 0 Å². The Hall–Kier alpha value is -2.58. The number of nitrogens with one attached hydrogen (secondary N) is 2. The van der Waals surface area contributed by atoms with Crippen molar-refractivity contribution in [3.63, 3.8) is 0 Å². The lowest BCUT2D eigenvalue weighted by molar-refractivity contribution is -0.122. The Morgan fingerprint density at radius 2 is 1.69 bits per heavy atom. The van der Waals surface area contributed by atoms with Crippen molar-refractivity contribution < 1.29 is 22.7 Å². The molecule has 170 valence electrons. The average molecular weight is 457 g/mol. The van der Waals surface area contributed by atoms with Crippen LogP contribution < -0.4 is 19.5 Å². The SMILES string of the molecule is O=C(CCc1ccc(S(=O)(=O)NC2CC2)cc1)NC(c1ccc2c(c1)OCCO2)C1CC1. The van der Waals surface area contributed by atoms with E-state index in [4.69, 9.17) is 9.47 Å². The van der Waals surface area contributed by atoms with Gasteiger partial charge >= 0.3 is 0 Å². The van der Waals surface area contributed by atoms with Crippen LogP contribution in [0.5, 0.6) is 11.5 Å². The molecule has 1 atom stereocenters. The maximum Gasteiger partial charge on any atom is 0.240 e. The summed E-state index contributed by atoms with van der Waals surface area (Å²) in [6.07, 6.45) is 4.91. The van der Waals surface area contributed by atoms with Crippen molar-refractivity contribution in [2.75, 3.05) is 13.2 Å². The molecule has 32 heavy (non-hydrogen) atoms. The minimum atomic E-state index is -3.45. The zero-order valence-electron chi connectivity index (χ0n) is 17.9. The largest absolute Gasteiger partial charge is 0.486 e. The first-order chi connectivity index (χ1) is 15.5. The standard InChI is InChI=1S/C24H28N2O5S/c27-23(12-3-16-1-9-20(10-2-16)32(28,29)26-19-7-8-19)25-24(17-4-5-17)18-6-11-21-22(15-18)31-14-13-30-21/h1-2,6,9-11,15,17,19,24,26H,3-5,7-8,12-14H2,(H,25,27). The van der Waals surface area contributed by atoms with E-state index in [9.17, 15) is 13.2 Å². The fraction of sp³-hybridized carbons (Fsp3) is 0.458. The first kappa shape index (κ1) is 21.3. The predicted molar refractivity (Wildman–Crippen MR) is 119 cm³/mol. The maximum atomic E-state index is 12.7. The van der Waals surface area contributed by atoms with Gasteiger partial charge in [-0.25, -0.2) is 13.1 Å². The van der Waals surface area contributed by atoms with Crippen LogP contribution in [0.25, 0.3) is 0 Å². The van der Waals surface area contributed by atoms with Gasteiger partial charge in [0, 0.05) is 12.5 Å². The molecule has 1 heterocycles. The molecule has 2 fully saturated rings. The normalized spacial score (nSPS) is 18.8. The van der Waals surface area contributed by atoms with Crippen molar-refractivity contribution in [1.82, 2.24) is 10.0 Å². The number of benzene rings is 2. The fourth-order valence-electron chi connectivity index (χ4n) is 3.98. The van der Waals surface area contributed by atoms with Crippen LogP contribution in [0.3, 0.4) is 0 Å². The number of carbonyl (C=O) groups excluding carboxylic acids is 1. The molecule has 8 heteroatoms. The van der Waals surface area contributed by atoms with Crippen LogP contribution in [0.2, 0.25) is 0 Å². The second-order valence-corrected chi connectivity index (χ2v) is 10.5. The summed E-state index contributed by atoms with van der Waals surface area (Å²) in [7, 11) is -3.45. The summed E-state index contributed by atoms with van der Waals surface area (Å²) < 4.78 is 38.5. The molecule has 1 aliphatic heterocycles. The van der Waals surface area contributed by atoms with Crippen molar-refractivity contribution in [2.45, 2.75) is 55.5 Å². The van der Waals surface area contributed by atoms with Crippen molar-refractivity contribution in [3.05, 3.63) is 53.6 Å². The van der Waals surface area contributed by atoms with Crippen LogP contribution in [0.1, 0.15) is 49.3 Å². The lowest BCUT2D eigenvalue weighted by Crippen LogP contribution is -2.30. The number of aryl methyl sites for hydroxylation is 1. The second-order valence-electron chi connectivity index (χ2n) is 8.83. The van der Waals surface area contributed by atoms with Gasteiger partial charge in [0.15, 0.2) is 11.5 Å². The smallest absolute Gasteiger partial charge is 0.240 e. The summed E-state index contributed by atoms with van der Waals surface area (Å²) in [6, 6.07) is 12.7. The molecular formula is C24H28N2O5S. The van der Waals surface area contributed by atoms with E-state index in [-0.39, 0.29) is 22.9 Å². The minimum Gasteiger partial charge on any atom is -0.486 e. The Labute approximate surface area is 188 Å². The summed E-state index contributed by atoms with van der Waals surface area (Å²) in [4.78, 5) is 13.0. The first-order valence-corrected chi connectivity index (χ1v) is 12.8. The van der Waals surface area contributed by atoms with Gasteiger partial charge < -0.3 is 14.8 Å². The van der Waals surface area contributed by atoms with Gasteiger partial charge in [-0.3, -0.25) is 4.79 Å². The average Bonchev–Trinajstić information content (AvgIpc) is 3.72. The van der Waals surface area contributed by atoms with Crippen molar-refractivity contribution in [2.24, 2.45) is 5.92 Å². The molecule has 2 N–H and O–H groups in total. The van der Waals surface area contributed by atoms with E-state index in [0.717, 1.165) is 48.3 Å². The third kappa shape index (κ3) is 5.07. The molecule has 1 amide bonds. The summed E-state index contributed by atoms with van der Waals surface area (Å²) in [5, 5.41) is 3.20. The highest BCUT2D eigenvalue weighted by Gasteiger charge is 2.34. The topological polar surface area (TPSA) is 93.7 Å². The molecule has 0 radical (unpaired) electrons. The van der Waals surface area contributed by atoms with Crippen LogP contribution in [-0.2, 0) is 21.2 Å². The van der Waals surface area contributed by atoms with E-state index < -0.39 is 10.0 Å². The van der Waals surface area contributed by atoms with E-state index in [1.54, 1.807) is 24.3 Å². The molecule has 2 aliphatic carbocycles. The Morgan fingerprint density at radius 1 is 0.969 bits per heavy atom. The Balaban J connectivity index is 1.18. The minimum absolute atomic E-state index is 0.0103. The molecule has 1 unspecified atom stereocenters. The molecule has 0 aromatic heterocycles. The molecule has 5 rings (SSSR count). The summed E-state index contributed by atoms with van der Waals surface area (Å²) in [5.74, 6) is 1.92. The molecule has 3 aliphatic rings. The monoisotopic (exact) mass is 456 g/mol. The van der Waals surface area contributed by atoms with E-state index in [0.29, 0.717) is 32.0 Å². The number of sulfonamides is 1. The number of hydrogen-bond acceptors (Lipinski definition) is 5. The third-order valence-electron chi connectivity index (χ3n) is 6.11. The maximum absolute atomic E-state index is 12.7. The van der Waals surface area contributed by atoms with Gasteiger partial charge in [-0.05, 0) is 73.4 Å². The summed E-state index contributed by atoms with van der Waals surface area (Å²) in [5.41, 5.74) is 1.98. The summed E-state index contributed by atoms with van der Waals surface area (Å²) >= 11 is 0. The Morgan fingerprint density at radius 3 is 2.38 bits per heavy atom. The number of rotatable bonds is 9. The highest BCUT2D eigenvalue weighted by molar-refractivity contribution is 7.89. The third-order valence-corrected chi connectivity index (χ3v) is 7.65. The van der Waals surface area contributed by atoms with Crippen molar-refractivity contribution >= 4 is 15.9 Å². The van der Waals surface area contributed by atoms with Gasteiger partial charge in [0.05, 0.1) is 10.9 Å². The van der Waals surface area contributed by atoms with Gasteiger partial charge in [0.25, 0.3) is 0 Å². The van der Waals surface area contributed by atoms with Gasteiger partial charge in [0.1, 0.15) is 13.2 Å². The predicted octanol–water partition coefficient (Wildman–Crippen LogP) is 3.10. The highest BCUT2D eigenvalue weighted by Crippen LogP contribution is 2.43. The van der Waals surface area contributed by atoms with E-state index >= 15 is 0 Å². The van der Waals surface area contributed by atoms with Crippen LogP contribution in [-0.4, -0.2) is 33.6 Å². The number of carbonyl (C=O) groups is 1. The molecular weight excluding hydrogens is 428 g/mol. The molecule has 0 saturated heterocycles. The fourth-order valence-corrected chi connectivity index (χ4v) is 5.29. The van der Waals surface area contributed by atoms with E-state index in [1.165, 1.54) is 0 Å². The van der Waals surface area contributed by atoms with E-state index in [1.807, 2.05) is 18.2 Å². The zero-order valence-corrected chi connectivity index (χ0v) is 18.7. The Kier molecular flexibility index (Phi) is 5.82. The molecule has 7 nitrogen and oxygen atoms in total. The summed E-state index contributed by atoms with van der Waals surface area (Å²) in [6.45, 7) is 1.09. The number of fused-ring (bicyclic) bond motifs is 1. The Bertz CT molecular complexity index is 1090. The van der Waals surface area contributed by atoms with Crippen LogP contribution in [0.15, 0.2) is 47.4 Å². The second kappa shape index (κ2) is 8.75. The van der Waals surface area contributed by atoms with Crippen LogP contribution in [0, 0.1) is 5.92 Å². The van der Waals surface area contributed by atoms with Gasteiger partial charge in [0.2, 0.25) is 15.9 Å². The van der Waals surface area contributed by atoms with Gasteiger partial charge in [-0.15, -0.1) is 0 Å². The lowest BCUT2D eigenvalue weighted by Gasteiger charge is -2.23. The van der Waals surface area contributed by atoms with E-state index in [2.05, 4.69) is 10.0 Å². The number of hydrogen-bond donors (Lipinski definition) is 2.